The second-order valence-corrected chi connectivity index (χ2v) is 7.26. The molecular weight excluding hydrogens is 340 g/mol. The molecule has 1 fully saturated rings. The van der Waals surface area contributed by atoms with E-state index < -0.39 is 6.10 Å². The summed E-state index contributed by atoms with van der Waals surface area (Å²) in [6.45, 7) is 2.97. The molecule has 0 saturated carbocycles. The number of aliphatic hydroxyl groups excluding tert-OH is 1. The number of likely N-dealkylation sites (tertiary alicyclic amines) is 1. The van der Waals surface area contributed by atoms with Gasteiger partial charge in [0.05, 0.1) is 11.6 Å². The first-order valence-electron chi connectivity index (χ1n) is 9.50. The van der Waals surface area contributed by atoms with Crippen LogP contribution in [0, 0.1) is 5.92 Å². The fourth-order valence-electron chi connectivity index (χ4n) is 3.87. The number of hydrogen-bond donors (Lipinski definition) is 2. The Labute approximate surface area is 158 Å². The summed E-state index contributed by atoms with van der Waals surface area (Å²) in [6.07, 6.45) is 3.87. The minimum atomic E-state index is -0.532. The number of amides is 1. The lowest BCUT2D eigenvalue weighted by Crippen LogP contribution is -2.29. The Morgan fingerprint density at radius 3 is 3.00 bits per heavy atom. The van der Waals surface area contributed by atoms with Crippen molar-refractivity contribution in [1.29, 1.82) is 0 Å². The van der Waals surface area contributed by atoms with Crippen molar-refractivity contribution in [2.75, 3.05) is 13.1 Å². The molecule has 2 N–H and O–H groups in total. The lowest BCUT2D eigenvalue weighted by molar-refractivity contribution is 0.0759. The molecule has 0 radical (unpaired) electrons. The normalized spacial score (nSPS) is 19.7. The Morgan fingerprint density at radius 2 is 2.15 bits per heavy atom. The number of aromatic nitrogens is 3. The number of carbonyl (C=O) groups is 1. The Morgan fingerprint density at radius 1 is 1.30 bits per heavy atom. The highest BCUT2D eigenvalue weighted by Gasteiger charge is 2.35. The van der Waals surface area contributed by atoms with Gasteiger partial charge in [0.25, 0.3) is 5.91 Å². The van der Waals surface area contributed by atoms with Crippen molar-refractivity contribution in [2.45, 2.75) is 32.3 Å². The first-order valence-corrected chi connectivity index (χ1v) is 9.50. The Hall–Kier alpha value is -2.73. The molecule has 140 valence electrons. The van der Waals surface area contributed by atoms with Crippen LogP contribution in [-0.4, -0.2) is 50.3 Å². The van der Waals surface area contributed by atoms with Crippen LogP contribution in [0.15, 0.2) is 42.6 Å². The van der Waals surface area contributed by atoms with E-state index in [1.165, 1.54) is 0 Å². The first-order chi connectivity index (χ1) is 13.2. The third kappa shape index (κ3) is 3.57. The summed E-state index contributed by atoms with van der Waals surface area (Å²) in [4.78, 5) is 18.9. The predicted molar refractivity (Wildman–Crippen MR) is 103 cm³/mol. The van der Waals surface area contributed by atoms with Gasteiger partial charge >= 0.3 is 0 Å². The minimum absolute atomic E-state index is 0.00816. The molecule has 6 heteroatoms. The highest BCUT2D eigenvalue weighted by Crippen LogP contribution is 2.26. The number of aromatic amines is 1. The third-order valence-electron chi connectivity index (χ3n) is 5.28. The molecule has 0 aliphatic carbocycles. The van der Waals surface area contributed by atoms with Gasteiger partial charge in [0.15, 0.2) is 0 Å². The van der Waals surface area contributed by atoms with Gasteiger partial charge in [0, 0.05) is 36.3 Å². The molecule has 1 amide bonds. The Kier molecular flexibility index (Phi) is 4.90. The third-order valence-corrected chi connectivity index (χ3v) is 5.28. The molecule has 0 unspecified atom stereocenters. The average molecular weight is 364 g/mol. The largest absolute Gasteiger partial charge is 0.391 e. The van der Waals surface area contributed by atoms with Crippen LogP contribution in [0.3, 0.4) is 0 Å². The molecule has 2 aromatic heterocycles. The van der Waals surface area contributed by atoms with Gasteiger partial charge in [-0.25, -0.2) is 0 Å². The number of fused-ring (bicyclic) bond motifs is 1. The SMILES string of the molecule is CCCc1cc(C(=O)N2C[C@@H](Cc3ccnc4ccccc34)[C@@H](O)C2)n[nH]1. The molecule has 1 aromatic carbocycles. The molecule has 3 heterocycles. The van der Waals surface area contributed by atoms with Crippen molar-refractivity contribution in [2.24, 2.45) is 5.92 Å². The number of rotatable bonds is 5. The predicted octanol–water partition coefficient (Wildman–Crippen LogP) is 2.59. The highest BCUT2D eigenvalue weighted by atomic mass is 16.3. The summed E-state index contributed by atoms with van der Waals surface area (Å²) in [5.41, 5.74) is 3.51. The molecule has 1 aliphatic heterocycles. The van der Waals surface area contributed by atoms with Crippen molar-refractivity contribution in [3.05, 3.63) is 59.5 Å². The van der Waals surface area contributed by atoms with Gasteiger partial charge in [-0.2, -0.15) is 5.10 Å². The Balaban J connectivity index is 1.48. The quantitative estimate of drug-likeness (QED) is 0.729. The number of carbonyl (C=O) groups excluding carboxylic acids is 1. The van der Waals surface area contributed by atoms with Crippen molar-refractivity contribution in [3.8, 4) is 0 Å². The molecule has 27 heavy (non-hydrogen) atoms. The van der Waals surface area contributed by atoms with Crippen LogP contribution in [0.5, 0.6) is 0 Å². The smallest absolute Gasteiger partial charge is 0.274 e. The summed E-state index contributed by atoms with van der Waals surface area (Å²) in [6, 6.07) is 11.8. The van der Waals surface area contributed by atoms with Crippen LogP contribution >= 0.6 is 0 Å². The number of hydrogen-bond acceptors (Lipinski definition) is 4. The number of para-hydroxylation sites is 1. The van der Waals surface area contributed by atoms with Gasteiger partial charge in [0.1, 0.15) is 5.69 Å². The molecule has 1 aliphatic rings. The van der Waals surface area contributed by atoms with Crippen LogP contribution in [0.4, 0.5) is 0 Å². The summed E-state index contributed by atoms with van der Waals surface area (Å²) in [5.74, 6) is -0.108. The van der Waals surface area contributed by atoms with Gasteiger partial charge in [0.2, 0.25) is 0 Å². The molecular formula is C21H24N4O2. The van der Waals surface area contributed by atoms with E-state index in [1.54, 1.807) is 11.1 Å². The second-order valence-electron chi connectivity index (χ2n) is 7.26. The first kappa shape index (κ1) is 17.7. The van der Waals surface area contributed by atoms with Gasteiger partial charge in [-0.05, 0) is 36.6 Å². The number of aryl methyl sites for hydroxylation is 1. The molecule has 1 saturated heterocycles. The number of nitrogens with zero attached hydrogens (tertiary/aromatic N) is 3. The highest BCUT2D eigenvalue weighted by molar-refractivity contribution is 5.92. The van der Waals surface area contributed by atoms with Crippen LogP contribution in [0.2, 0.25) is 0 Å². The number of pyridine rings is 1. The summed E-state index contributed by atoms with van der Waals surface area (Å²) >= 11 is 0. The summed E-state index contributed by atoms with van der Waals surface area (Å²) in [5, 5.41) is 18.7. The zero-order chi connectivity index (χ0) is 18.8. The van der Waals surface area contributed by atoms with Crippen LogP contribution in [0.25, 0.3) is 10.9 Å². The van der Waals surface area contributed by atoms with E-state index in [0.29, 0.717) is 18.8 Å². The molecule has 3 aromatic rings. The van der Waals surface area contributed by atoms with Crippen molar-refractivity contribution >= 4 is 16.8 Å². The molecule has 0 bridgehead atoms. The fraction of sp³-hybridized carbons (Fsp3) is 0.381. The van der Waals surface area contributed by atoms with Gasteiger partial charge in [-0.3, -0.25) is 14.9 Å². The zero-order valence-corrected chi connectivity index (χ0v) is 15.4. The Bertz CT molecular complexity index is 947. The van der Waals surface area contributed by atoms with E-state index in [4.69, 9.17) is 0 Å². The van der Waals surface area contributed by atoms with Crippen molar-refractivity contribution in [3.63, 3.8) is 0 Å². The van der Waals surface area contributed by atoms with E-state index in [9.17, 15) is 9.90 Å². The zero-order valence-electron chi connectivity index (χ0n) is 15.4. The van der Waals surface area contributed by atoms with Crippen molar-refractivity contribution in [1.82, 2.24) is 20.1 Å². The molecule has 4 rings (SSSR count). The summed E-state index contributed by atoms with van der Waals surface area (Å²) in [7, 11) is 0. The maximum Gasteiger partial charge on any atom is 0.274 e. The molecule has 6 nitrogen and oxygen atoms in total. The topological polar surface area (TPSA) is 82.1 Å². The van der Waals surface area contributed by atoms with Crippen molar-refractivity contribution < 1.29 is 9.90 Å². The van der Waals surface area contributed by atoms with Gasteiger partial charge in [-0.1, -0.05) is 31.5 Å². The number of aliphatic hydroxyl groups is 1. The van der Waals surface area contributed by atoms with Crippen LogP contribution in [-0.2, 0) is 12.8 Å². The lowest BCUT2D eigenvalue weighted by Gasteiger charge is -2.15. The number of β-amino-alcohol motifs (C(OH)–C–C–N with tert-alkyl or cyclic N) is 1. The fourth-order valence-corrected chi connectivity index (χ4v) is 3.87. The minimum Gasteiger partial charge on any atom is -0.391 e. The van der Waals surface area contributed by atoms with E-state index in [0.717, 1.165) is 41.4 Å². The lowest BCUT2D eigenvalue weighted by atomic mass is 9.94. The van der Waals surface area contributed by atoms with E-state index in [2.05, 4.69) is 28.2 Å². The average Bonchev–Trinajstić information content (AvgIpc) is 3.29. The van der Waals surface area contributed by atoms with E-state index in [1.807, 2.05) is 30.3 Å². The number of nitrogens with one attached hydrogen (secondary N) is 1. The maximum atomic E-state index is 12.7. The van der Waals surface area contributed by atoms with Crippen LogP contribution < -0.4 is 0 Å². The maximum absolute atomic E-state index is 12.7. The van der Waals surface area contributed by atoms with Crippen LogP contribution in [0.1, 0.15) is 35.1 Å². The van der Waals surface area contributed by atoms with Gasteiger partial charge < -0.3 is 10.0 Å². The standard InChI is InChI=1S/C21H24N4O2/c1-2-5-16-11-19(24-23-16)21(27)25-12-15(20(26)13-25)10-14-8-9-22-18-7-4-3-6-17(14)18/h3-4,6-9,11,15,20,26H,2,5,10,12-13H2,1H3,(H,23,24)/t15-,20+/m1/s1. The molecule has 2 atom stereocenters. The summed E-state index contributed by atoms with van der Waals surface area (Å²) < 4.78 is 0. The van der Waals surface area contributed by atoms with E-state index >= 15 is 0 Å². The number of H-pyrrole nitrogens is 1. The molecule has 0 spiro atoms. The van der Waals surface area contributed by atoms with Gasteiger partial charge in [-0.15, -0.1) is 0 Å². The number of benzene rings is 1. The monoisotopic (exact) mass is 364 g/mol. The van der Waals surface area contributed by atoms with E-state index in [-0.39, 0.29) is 11.8 Å². The second kappa shape index (κ2) is 7.48.